The number of rotatable bonds is 5. The van der Waals surface area contributed by atoms with Crippen molar-refractivity contribution in [3.8, 4) is 11.1 Å². The molecule has 1 fully saturated rings. The number of carbonyl (C=O) groups is 1. The maximum Gasteiger partial charge on any atom is 0.322 e. The molecule has 1 heterocycles. The number of aryl methyl sites for hydroxylation is 1. The van der Waals surface area contributed by atoms with Crippen molar-refractivity contribution in [1.82, 2.24) is 4.90 Å². The maximum atomic E-state index is 12.5. The molecule has 0 spiro atoms. The topological polar surface area (TPSA) is 50.8 Å². The molecule has 5 nitrogen and oxygen atoms in total. The van der Waals surface area contributed by atoms with Crippen LogP contribution in [0.15, 0.2) is 48.5 Å². The fourth-order valence-corrected chi connectivity index (χ4v) is 3.02. The first kappa shape index (κ1) is 18.4. The van der Waals surface area contributed by atoms with Gasteiger partial charge in [0.2, 0.25) is 0 Å². The van der Waals surface area contributed by atoms with Crippen LogP contribution in [-0.4, -0.2) is 50.4 Å². The fraction of sp³-hybridized carbons (Fsp3) is 0.381. The van der Waals surface area contributed by atoms with E-state index in [-0.39, 0.29) is 12.1 Å². The van der Waals surface area contributed by atoms with Crippen LogP contribution in [0, 0.1) is 6.92 Å². The number of hydrogen-bond donors (Lipinski definition) is 1. The zero-order chi connectivity index (χ0) is 18.4. The first-order valence-electron chi connectivity index (χ1n) is 8.99. The van der Waals surface area contributed by atoms with Crippen LogP contribution in [0.5, 0.6) is 0 Å². The van der Waals surface area contributed by atoms with Crippen LogP contribution >= 0.6 is 0 Å². The lowest BCUT2D eigenvalue weighted by atomic mass is 10.0. The summed E-state index contributed by atoms with van der Waals surface area (Å²) in [6, 6.07) is 16.3. The molecular formula is C21H26N2O3. The van der Waals surface area contributed by atoms with Gasteiger partial charge in [-0.15, -0.1) is 0 Å². The molecule has 138 valence electrons. The van der Waals surface area contributed by atoms with Crippen molar-refractivity contribution in [3.63, 3.8) is 0 Å². The van der Waals surface area contributed by atoms with E-state index in [1.165, 1.54) is 11.1 Å². The van der Waals surface area contributed by atoms with Crippen LogP contribution in [-0.2, 0) is 9.47 Å². The van der Waals surface area contributed by atoms with E-state index in [1.54, 1.807) is 12.0 Å². The highest BCUT2D eigenvalue weighted by atomic mass is 16.5. The molecule has 0 aromatic heterocycles. The zero-order valence-electron chi connectivity index (χ0n) is 15.4. The number of carbonyl (C=O) groups excluding carboxylic acids is 1. The van der Waals surface area contributed by atoms with E-state index in [2.05, 4.69) is 36.5 Å². The Morgan fingerprint density at radius 1 is 1.15 bits per heavy atom. The van der Waals surface area contributed by atoms with Gasteiger partial charge in [-0.2, -0.15) is 0 Å². The summed E-state index contributed by atoms with van der Waals surface area (Å²) < 4.78 is 10.8. The average Bonchev–Trinajstić information content (AvgIpc) is 2.68. The molecule has 0 radical (unpaired) electrons. The van der Waals surface area contributed by atoms with Crippen molar-refractivity contribution in [3.05, 3.63) is 54.1 Å². The normalized spacial score (nSPS) is 17.2. The van der Waals surface area contributed by atoms with Gasteiger partial charge in [0.25, 0.3) is 0 Å². The highest BCUT2D eigenvalue weighted by Gasteiger charge is 2.24. The number of morpholine rings is 1. The summed E-state index contributed by atoms with van der Waals surface area (Å²) in [6.07, 6.45) is 0.837. The van der Waals surface area contributed by atoms with Gasteiger partial charge in [0.05, 0.1) is 12.7 Å². The summed E-state index contributed by atoms with van der Waals surface area (Å²) in [5.74, 6) is 0. The minimum absolute atomic E-state index is 0.0402. The Kier molecular flexibility index (Phi) is 6.26. The van der Waals surface area contributed by atoms with E-state index >= 15 is 0 Å². The van der Waals surface area contributed by atoms with Crippen molar-refractivity contribution >= 4 is 11.7 Å². The van der Waals surface area contributed by atoms with Crippen LogP contribution in [0.1, 0.15) is 12.0 Å². The lowest BCUT2D eigenvalue weighted by Crippen LogP contribution is -2.47. The first-order valence-corrected chi connectivity index (χ1v) is 8.99. The summed E-state index contributed by atoms with van der Waals surface area (Å²) in [7, 11) is 1.67. The van der Waals surface area contributed by atoms with Gasteiger partial charge in [-0.05, 0) is 36.6 Å². The molecule has 26 heavy (non-hydrogen) atoms. The summed E-state index contributed by atoms with van der Waals surface area (Å²) in [5.41, 5.74) is 4.34. The Labute approximate surface area is 154 Å². The quantitative estimate of drug-likeness (QED) is 0.885. The van der Waals surface area contributed by atoms with Gasteiger partial charge < -0.3 is 19.7 Å². The smallest absolute Gasteiger partial charge is 0.322 e. The van der Waals surface area contributed by atoms with Crippen molar-refractivity contribution in [2.45, 2.75) is 19.4 Å². The minimum Gasteiger partial charge on any atom is -0.385 e. The third-order valence-corrected chi connectivity index (χ3v) is 4.59. The molecule has 3 rings (SSSR count). The van der Waals surface area contributed by atoms with Gasteiger partial charge in [0, 0.05) is 32.5 Å². The van der Waals surface area contributed by atoms with E-state index in [0.717, 1.165) is 17.7 Å². The van der Waals surface area contributed by atoms with E-state index in [0.29, 0.717) is 26.3 Å². The van der Waals surface area contributed by atoms with E-state index < -0.39 is 0 Å². The molecule has 0 bridgehead atoms. The predicted molar refractivity (Wildman–Crippen MR) is 103 cm³/mol. The second-order valence-corrected chi connectivity index (χ2v) is 6.59. The van der Waals surface area contributed by atoms with Crippen molar-refractivity contribution in [1.29, 1.82) is 0 Å². The van der Waals surface area contributed by atoms with Crippen LogP contribution in [0.25, 0.3) is 11.1 Å². The second-order valence-electron chi connectivity index (χ2n) is 6.59. The summed E-state index contributed by atoms with van der Waals surface area (Å²) in [6.45, 7) is 4.48. The van der Waals surface area contributed by atoms with Crippen LogP contribution in [0.3, 0.4) is 0 Å². The molecule has 1 aliphatic heterocycles. The monoisotopic (exact) mass is 354 g/mol. The van der Waals surface area contributed by atoms with Crippen LogP contribution in [0.4, 0.5) is 10.5 Å². The number of hydrogen-bond acceptors (Lipinski definition) is 3. The largest absolute Gasteiger partial charge is 0.385 e. The number of methoxy groups -OCH3 is 1. The average molecular weight is 354 g/mol. The minimum atomic E-state index is -0.0844. The summed E-state index contributed by atoms with van der Waals surface area (Å²) >= 11 is 0. The Bertz CT molecular complexity index is 713. The SMILES string of the molecule is COCC[C@H]1CN(C(=O)Nc2ccc(-c3ccc(C)cc3)cc2)CCO1. The Hall–Kier alpha value is -2.37. The highest BCUT2D eigenvalue weighted by molar-refractivity contribution is 5.89. The number of amides is 2. The number of nitrogens with zero attached hydrogens (tertiary/aromatic N) is 1. The van der Waals surface area contributed by atoms with Crippen molar-refractivity contribution < 1.29 is 14.3 Å². The van der Waals surface area contributed by atoms with Crippen molar-refractivity contribution in [2.75, 3.05) is 38.7 Å². The molecule has 0 saturated carbocycles. The highest BCUT2D eigenvalue weighted by Crippen LogP contribution is 2.22. The van der Waals surface area contributed by atoms with Gasteiger partial charge in [-0.25, -0.2) is 4.79 Å². The molecule has 1 saturated heterocycles. The summed E-state index contributed by atoms with van der Waals surface area (Å²) in [5, 5.41) is 2.98. The molecule has 2 aromatic rings. The first-order chi connectivity index (χ1) is 12.7. The van der Waals surface area contributed by atoms with Crippen LogP contribution in [0.2, 0.25) is 0 Å². The van der Waals surface area contributed by atoms with Gasteiger partial charge in [0.15, 0.2) is 0 Å². The number of ether oxygens (including phenoxy) is 2. The van der Waals surface area contributed by atoms with Gasteiger partial charge >= 0.3 is 6.03 Å². The number of anilines is 1. The Morgan fingerprint density at radius 3 is 2.46 bits per heavy atom. The molecular weight excluding hydrogens is 328 g/mol. The third kappa shape index (κ3) is 4.84. The Morgan fingerprint density at radius 2 is 1.81 bits per heavy atom. The molecule has 1 atom stereocenters. The Balaban J connectivity index is 1.58. The van der Waals surface area contributed by atoms with Gasteiger partial charge in [0.1, 0.15) is 0 Å². The number of nitrogens with one attached hydrogen (secondary N) is 1. The van der Waals surface area contributed by atoms with E-state index in [9.17, 15) is 4.79 Å². The number of benzene rings is 2. The van der Waals surface area contributed by atoms with Gasteiger partial charge in [-0.3, -0.25) is 0 Å². The molecule has 0 unspecified atom stereocenters. The van der Waals surface area contributed by atoms with Crippen molar-refractivity contribution in [2.24, 2.45) is 0 Å². The van der Waals surface area contributed by atoms with Gasteiger partial charge in [-0.1, -0.05) is 42.0 Å². The molecule has 0 aliphatic carbocycles. The van der Waals surface area contributed by atoms with E-state index in [4.69, 9.17) is 9.47 Å². The number of urea groups is 1. The standard InChI is InChI=1S/C21H26N2O3/c1-16-3-5-17(6-4-16)18-7-9-19(10-8-18)22-21(24)23-12-14-26-20(15-23)11-13-25-2/h3-10,20H,11-15H2,1-2H3,(H,22,24)/t20-/m0/s1. The third-order valence-electron chi connectivity index (χ3n) is 4.59. The maximum absolute atomic E-state index is 12.5. The molecule has 1 N–H and O–H groups in total. The lowest BCUT2D eigenvalue weighted by Gasteiger charge is -2.32. The molecule has 2 aromatic carbocycles. The molecule has 2 amide bonds. The molecule has 1 aliphatic rings. The fourth-order valence-electron chi connectivity index (χ4n) is 3.02. The lowest BCUT2D eigenvalue weighted by molar-refractivity contribution is -0.0260. The molecule has 5 heteroatoms. The second kappa shape index (κ2) is 8.83. The zero-order valence-corrected chi connectivity index (χ0v) is 15.4. The predicted octanol–water partition coefficient (Wildman–Crippen LogP) is 3.93. The van der Waals surface area contributed by atoms with Crippen LogP contribution < -0.4 is 5.32 Å². The van der Waals surface area contributed by atoms with E-state index in [1.807, 2.05) is 24.3 Å². The summed E-state index contributed by atoms with van der Waals surface area (Å²) in [4.78, 5) is 14.3.